The summed E-state index contributed by atoms with van der Waals surface area (Å²) in [7, 11) is -0.753. The van der Waals surface area contributed by atoms with Crippen molar-refractivity contribution in [1.82, 2.24) is 16.0 Å². The molecule has 0 amide bonds. The van der Waals surface area contributed by atoms with E-state index in [1.165, 1.54) is 0 Å². The summed E-state index contributed by atoms with van der Waals surface area (Å²) < 4.78 is 23.7. The SMILES string of the molecule is CNCP(=O)(CNC)CNCP(C)(C)=O. The Morgan fingerprint density at radius 2 is 1.33 bits per heavy atom. The van der Waals surface area contributed by atoms with Gasteiger partial charge in [0.25, 0.3) is 0 Å². The van der Waals surface area contributed by atoms with Crippen molar-refractivity contribution < 1.29 is 9.13 Å². The van der Waals surface area contributed by atoms with Crippen LogP contribution < -0.4 is 16.0 Å². The molecular weight excluding hydrogens is 232 g/mol. The van der Waals surface area contributed by atoms with Crippen LogP contribution in [0.5, 0.6) is 0 Å². The molecule has 7 heteroatoms. The van der Waals surface area contributed by atoms with Crippen LogP contribution >= 0.6 is 14.3 Å². The fourth-order valence-electron chi connectivity index (χ4n) is 1.27. The maximum absolute atomic E-state index is 12.2. The third kappa shape index (κ3) is 8.18. The van der Waals surface area contributed by atoms with Crippen molar-refractivity contribution in [2.75, 3.05) is 52.6 Å². The van der Waals surface area contributed by atoms with Gasteiger partial charge in [0, 0.05) is 6.29 Å². The molecule has 92 valence electrons. The van der Waals surface area contributed by atoms with Gasteiger partial charge in [0.2, 0.25) is 0 Å². The summed E-state index contributed by atoms with van der Waals surface area (Å²) in [5.74, 6) is 0. The Morgan fingerprint density at radius 3 is 1.67 bits per heavy atom. The van der Waals surface area contributed by atoms with Crippen LogP contribution in [0, 0.1) is 0 Å². The standard InChI is InChI=1S/C8H23N3O2P2/c1-9-5-15(13,6-10-2)8-11-7-14(3,4)12/h9-11H,5-8H2,1-4H3. The van der Waals surface area contributed by atoms with Crippen LogP contribution in [0.15, 0.2) is 0 Å². The number of rotatable bonds is 8. The van der Waals surface area contributed by atoms with Gasteiger partial charge in [0.05, 0.1) is 26.0 Å². The average Bonchev–Trinajstić information content (AvgIpc) is 2.01. The molecule has 0 aliphatic carbocycles. The van der Waals surface area contributed by atoms with E-state index in [-0.39, 0.29) is 0 Å². The summed E-state index contributed by atoms with van der Waals surface area (Å²) in [5, 5.41) is 8.89. The fourth-order valence-corrected chi connectivity index (χ4v) is 4.10. The molecule has 0 bridgehead atoms. The van der Waals surface area contributed by atoms with Gasteiger partial charge in [-0.15, -0.1) is 0 Å². The molecule has 0 saturated carbocycles. The van der Waals surface area contributed by atoms with Crippen LogP contribution in [0.2, 0.25) is 0 Å². The van der Waals surface area contributed by atoms with Crippen LogP contribution in [0.25, 0.3) is 0 Å². The lowest BCUT2D eigenvalue weighted by molar-refractivity contribution is 0.562. The first-order chi connectivity index (χ1) is 6.83. The van der Waals surface area contributed by atoms with Gasteiger partial charge in [0.1, 0.15) is 7.14 Å². The predicted molar refractivity (Wildman–Crippen MR) is 67.8 cm³/mol. The van der Waals surface area contributed by atoms with E-state index in [1.54, 1.807) is 27.4 Å². The normalized spacial score (nSPS) is 13.1. The lowest BCUT2D eigenvalue weighted by Gasteiger charge is -2.19. The maximum atomic E-state index is 12.2. The second-order valence-corrected chi connectivity index (χ2v) is 10.8. The van der Waals surface area contributed by atoms with Gasteiger partial charge in [-0.1, -0.05) is 0 Å². The topological polar surface area (TPSA) is 70.2 Å². The Kier molecular flexibility index (Phi) is 6.98. The summed E-state index contributed by atoms with van der Waals surface area (Å²) in [5.41, 5.74) is 0. The van der Waals surface area contributed by atoms with Gasteiger partial charge in [-0.2, -0.15) is 0 Å². The van der Waals surface area contributed by atoms with Crippen molar-refractivity contribution in [3.63, 3.8) is 0 Å². The zero-order valence-electron chi connectivity index (χ0n) is 10.0. The second kappa shape index (κ2) is 6.82. The molecule has 15 heavy (non-hydrogen) atoms. The zero-order chi connectivity index (χ0) is 11.9. The Bertz CT molecular complexity index is 255. The largest absolute Gasteiger partial charge is 0.323 e. The van der Waals surface area contributed by atoms with Gasteiger partial charge >= 0.3 is 0 Å². The van der Waals surface area contributed by atoms with E-state index in [9.17, 15) is 9.13 Å². The molecule has 0 aromatic heterocycles. The van der Waals surface area contributed by atoms with Gasteiger partial charge in [-0.3, -0.25) is 0 Å². The molecule has 0 aromatic rings. The third-order valence-corrected chi connectivity index (χ3v) is 5.36. The van der Waals surface area contributed by atoms with E-state index in [0.29, 0.717) is 25.1 Å². The highest BCUT2D eigenvalue weighted by atomic mass is 31.2. The average molecular weight is 255 g/mol. The predicted octanol–water partition coefficient (Wildman–Crippen LogP) is 0.831. The molecule has 0 rings (SSSR count). The van der Waals surface area contributed by atoms with E-state index < -0.39 is 14.3 Å². The molecule has 0 saturated heterocycles. The summed E-state index contributed by atoms with van der Waals surface area (Å²) in [6, 6.07) is 0. The lowest BCUT2D eigenvalue weighted by atomic mass is 11.2. The minimum Gasteiger partial charge on any atom is -0.323 e. The van der Waals surface area contributed by atoms with Crippen LogP contribution in [0.4, 0.5) is 0 Å². The molecule has 0 aromatic carbocycles. The van der Waals surface area contributed by atoms with E-state index in [2.05, 4.69) is 16.0 Å². The molecule has 0 spiro atoms. The lowest BCUT2D eigenvalue weighted by Crippen LogP contribution is -2.25. The van der Waals surface area contributed by atoms with Crippen LogP contribution in [-0.4, -0.2) is 52.6 Å². The maximum Gasteiger partial charge on any atom is 0.127 e. The molecule has 5 nitrogen and oxygen atoms in total. The Hall–Kier alpha value is 0.340. The minimum atomic E-state index is -2.26. The van der Waals surface area contributed by atoms with Gasteiger partial charge in [0.15, 0.2) is 0 Å². The summed E-state index contributed by atoms with van der Waals surface area (Å²) in [6.07, 6.45) is 1.88. The first kappa shape index (κ1) is 15.3. The molecule has 0 aliphatic heterocycles. The molecule has 0 heterocycles. The summed E-state index contributed by atoms with van der Waals surface area (Å²) in [4.78, 5) is 0. The number of hydrogen-bond donors (Lipinski definition) is 3. The highest BCUT2D eigenvalue weighted by Gasteiger charge is 2.20. The first-order valence-electron chi connectivity index (χ1n) is 4.94. The first-order valence-corrected chi connectivity index (χ1v) is 9.99. The van der Waals surface area contributed by atoms with Crippen LogP contribution in [0.1, 0.15) is 0 Å². The second-order valence-electron chi connectivity index (χ2n) is 4.22. The van der Waals surface area contributed by atoms with E-state index >= 15 is 0 Å². The molecule has 0 atom stereocenters. The Labute approximate surface area is 92.5 Å². The van der Waals surface area contributed by atoms with Crippen LogP contribution in [-0.2, 0) is 9.13 Å². The minimum absolute atomic E-state index is 0.431. The van der Waals surface area contributed by atoms with Crippen molar-refractivity contribution in [2.45, 2.75) is 0 Å². The van der Waals surface area contributed by atoms with Gasteiger partial charge in [-0.25, -0.2) is 0 Å². The number of nitrogens with one attached hydrogen (secondary N) is 3. The quantitative estimate of drug-likeness (QED) is 0.560. The summed E-state index contributed by atoms with van der Waals surface area (Å²) in [6.45, 7) is 3.45. The molecule has 0 radical (unpaired) electrons. The van der Waals surface area contributed by atoms with Crippen molar-refractivity contribution in [2.24, 2.45) is 0 Å². The molecule has 0 fully saturated rings. The van der Waals surface area contributed by atoms with E-state index in [4.69, 9.17) is 0 Å². The van der Waals surface area contributed by atoms with Crippen molar-refractivity contribution in [3.8, 4) is 0 Å². The molecule has 0 aliphatic rings. The Morgan fingerprint density at radius 1 is 0.867 bits per heavy atom. The third-order valence-electron chi connectivity index (χ3n) is 1.79. The highest BCUT2D eigenvalue weighted by Crippen LogP contribution is 2.42. The van der Waals surface area contributed by atoms with Gasteiger partial charge < -0.3 is 25.1 Å². The Balaban J connectivity index is 4.07. The molecule has 3 N–H and O–H groups in total. The van der Waals surface area contributed by atoms with E-state index in [1.807, 2.05) is 0 Å². The zero-order valence-corrected chi connectivity index (χ0v) is 11.8. The molecular formula is C8H23N3O2P2. The van der Waals surface area contributed by atoms with Crippen molar-refractivity contribution in [3.05, 3.63) is 0 Å². The smallest absolute Gasteiger partial charge is 0.127 e. The highest BCUT2D eigenvalue weighted by molar-refractivity contribution is 7.64. The van der Waals surface area contributed by atoms with Crippen LogP contribution in [0.3, 0.4) is 0 Å². The summed E-state index contributed by atoms with van der Waals surface area (Å²) >= 11 is 0. The van der Waals surface area contributed by atoms with Crippen molar-refractivity contribution in [1.29, 1.82) is 0 Å². The number of hydrogen-bond acceptors (Lipinski definition) is 5. The van der Waals surface area contributed by atoms with Gasteiger partial charge in [-0.05, 0) is 27.4 Å². The molecule has 0 unspecified atom stereocenters. The van der Waals surface area contributed by atoms with Crippen molar-refractivity contribution >= 4 is 14.3 Å². The van der Waals surface area contributed by atoms with E-state index in [0.717, 1.165) is 0 Å². The monoisotopic (exact) mass is 255 g/mol. The fraction of sp³-hybridized carbons (Fsp3) is 1.00.